The summed E-state index contributed by atoms with van der Waals surface area (Å²) >= 11 is 0. The molecule has 0 saturated heterocycles. The van der Waals surface area contributed by atoms with Crippen LogP contribution < -0.4 is 0 Å². The summed E-state index contributed by atoms with van der Waals surface area (Å²) in [5, 5.41) is 8.86. The Balaban J connectivity index is 5.18. The van der Waals surface area contributed by atoms with Crippen LogP contribution in [-0.4, -0.2) is 22.8 Å². The summed E-state index contributed by atoms with van der Waals surface area (Å²) in [6.07, 6.45) is 1.75. The molecule has 16 heavy (non-hydrogen) atoms. The lowest BCUT2D eigenvalue weighted by atomic mass is 10.1. The first-order valence-electron chi connectivity index (χ1n) is 5.05. The van der Waals surface area contributed by atoms with E-state index in [1.807, 2.05) is 6.92 Å². The maximum absolute atomic E-state index is 11.1. The summed E-state index contributed by atoms with van der Waals surface area (Å²) in [5.74, 6) is -2.64. The van der Waals surface area contributed by atoms with Crippen LogP contribution >= 0.6 is 0 Å². The number of allylic oxidation sites excluding steroid dienone is 1. The lowest BCUT2D eigenvalue weighted by molar-refractivity contribution is -0.138. The molecule has 5 heteroatoms. The van der Waals surface area contributed by atoms with E-state index in [0.29, 0.717) is 6.42 Å². The van der Waals surface area contributed by atoms with Gasteiger partial charge in [0.2, 0.25) is 0 Å². The van der Waals surface area contributed by atoms with Crippen molar-refractivity contribution in [3.63, 3.8) is 0 Å². The summed E-state index contributed by atoms with van der Waals surface area (Å²) in [6.45, 7) is 4.23. The quantitative estimate of drug-likeness (QED) is 0.246. The third-order valence-electron chi connectivity index (χ3n) is 1.87. The zero-order chi connectivity index (χ0) is 12.7. The molecule has 0 fully saturated rings. The molecule has 0 radical (unpaired) electrons. The summed E-state index contributed by atoms with van der Waals surface area (Å²) < 4.78 is 4.78. The molecule has 0 aliphatic rings. The van der Waals surface area contributed by atoms with Gasteiger partial charge in [-0.1, -0.05) is 13.3 Å². The molecule has 0 aromatic rings. The van der Waals surface area contributed by atoms with E-state index in [4.69, 9.17) is 9.84 Å². The number of aliphatic carboxylic acids is 1. The van der Waals surface area contributed by atoms with Gasteiger partial charge < -0.3 is 9.84 Å². The van der Waals surface area contributed by atoms with Gasteiger partial charge in [0.25, 0.3) is 0 Å². The Hall–Kier alpha value is -1.65. The molecule has 0 saturated carbocycles. The molecule has 0 amide bonds. The molecule has 0 aromatic carbocycles. The van der Waals surface area contributed by atoms with Gasteiger partial charge in [-0.05, 0) is 13.3 Å². The monoisotopic (exact) mass is 228 g/mol. The second kappa shape index (κ2) is 6.76. The van der Waals surface area contributed by atoms with Gasteiger partial charge in [-0.3, -0.25) is 9.59 Å². The lowest BCUT2D eigenvalue weighted by Crippen LogP contribution is -2.15. The number of carbonyl (C=O) groups excluding carboxylic acids is 2. The third kappa shape index (κ3) is 4.72. The van der Waals surface area contributed by atoms with E-state index < -0.39 is 23.3 Å². The molecule has 1 N–H and O–H groups in total. The van der Waals surface area contributed by atoms with Gasteiger partial charge in [-0.2, -0.15) is 0 Å². The summed E-state index contributed by atoms with van der Waals surface area (Å²) in [5.41, 5.74) is -0.441. The van der Waals surface area contributed by atoms with Crippen LogP contribution in [0.1, 0.15) is 40.0 Å². The maximum Gasteiger partial charge on any atom is 0.342 e. The molecule has 0 rings (SSSR count). The first kappa shape index (κ1) is 14.3. The minimum absolute atomic E-state index is 0.0469. The number of carboxylic acids is 1. The van der Waals surface area contributed by atoms with Crippen LogP contribution in [0.25, 0.3) is 0 Å². The average molecular weight is 228 g/mol. The van der Waals surface area contributed by atoms with Crippen LogP contribution in [0, 0.1) is 0 Å². The molecule has 0 bridgehead atoms. The highest BCUT2D eigenvalue weighted by Gasteiger charge is 2.21. The van der Waals surface area contributed by atoms with Crippen LogP contribution in [0.5, 0.6) is 0 Å². The van der Waals surface area contributed by atoms with Crippen molar-refractivity contribution < 1.29 is 24.2 Å². The highest BCUT2D eigenvalue weighted by atomic mass is 16.5. The Bertz CT molecular complexity index is 311. The number of esters is 1. The lowest BCUT2D eigenvalue weighted by Gasteiger charge is -2.09. The first-order valence-corrected chi connectivity index (χ1v) is 5.05. The van der Waals surface area contributed by atoms with Crippen molar-refractivity contribution in [1.82, 2.24) is 0 Å². The van der Waals surface area contributed by atoms with Crippen molar-refractivity contribution in [3.8, 4) is 0 Å². The van der Waals surface area contributed by atoms with Gasteiger partial charge in [0.05, 0.1) is 0 Å². The largest absolute Gasteiger partial charge is 0.477 e. The third-order valence-corrected chi connectivity index (χ3v) is 1.87. The highest BCUT2D eigenvalue weighted by molar-refractivity contribution is 6.16. The summed E-state index contributed by atoms with van der Waals surface area (Å²) in [7, 11) is 0. The second-order valence-electron chi connectivity index (χ2n) is 3.36. The zero-order valence-electron chi connectivity index (χ0n) is 9.70. The van der Waals surface area contributed by atoms with Crippen molar-refractivity contribution in [2.45, 2.75) is 40.0 Å². The predicted molar refractivity (Wildman–Crippen MR) is 56.6 cm³/mol. The van der Waals surface area contributed by atoms with Crippen LogP contribution in [0.2, 0.25) is 0 Å². The average Bonchev–Trinajstić information content (AvgIpc) is 2.11. The van der Waals surface area contributed by atoms with Gasteiger partial charge in [0.1, 0.15) is 11.3 Å². The van der Waals surface area contributed by atoms with E-state index in [0.717, 1.165) is 13.3 Å². The summed E-state index contributed by atoms with van der Waals surface area (Å²) in [4.78, 5) is 32.8. The maximum atomic E-state index is 11.1. The number of hydrogen-bond acceptors (Lipinski definition) is 4. The standard InChI is InChI=1S/C11H16O5/c1-4-5-6-9(16-8(3)13)10(7(2)12)11(14)15/h4-6H2,1-3H3,(H,14,15)/b10-9-. The van der Waals surface area contributed by atoms with Crippen LogP contribution in [0.4, 0.5) is 0 Å². The van der Waals surface area contributed by atoms with Crippen molar-refractivity contribution in [2.75, 3.05) is 0 Å². The number of rotatable bonds is 6. The smallest absolute Gasteiger partial charge is 0.342 e. The fraction of sp³-hybridized carbons (Fsp3) is 0.545. The Kier molecular flexibility index (Phi) is 6.07. The molecule has 0 aromatic heterocycles. The van der Waals surface area contributed by atoms with Gasteiger partial charge in [-0.25, -0.2) is 4.79 Å². The normalized spacial score (nSPS) is 11.7. The van der Waals surface area contributed by atoms with E-state index in [-0.39, 0.29) is 12.2 Å². The van der Waals surface area contributed by atoms with Crippen molar-refractivity contribution in [1.29, 1.82) is 0 Å². The topological polar surface area (TPSA) is 80.7 Å². The van der Waals surface area contributed by atoms with Crippen LogP contribution in [0.3, 0.4) is 0 Å². The molecule has 90 valence electrons. The van der Waals surface area contributed by atoms with E-state index in [2.05, 4.69) is 0 Å². The SMILES string of the molecule is CCCC/C(OC(C)=O)=C(\C(C)=O)C(=O)O. The van der Waals surface area contributed by atoms with Crippen molar-refractivity contribution >= 4 is 17.7 Å². The van der Waals surface area contributed by atoms with Gasteiger partial charge >= 0.3 is 11.9 Å². The van der Waals surface area contributed by atoms with E-state index >= 15 is 0 Å². The number of unbranched alkanes of at least 4 members (excludes halogenated alkanes) is 1. The predicted octanol–water partition coefficient (Wildman–Crippen LogP) is 1.67. The van der Waals surface area contributed by atoms with Gasteiger partial charge in [-0.15, -0.1) is 0 Å². The van der Waals surface area contributed by atoms with Gasteiger partial charge in [0, 0.05) is 13.3 Å². The minimum atomic E-state index is -1.36. The number of ketones is 1. The second-order valence-corrected chi connectivity index (χ2v) is 3.36. The zero-order valence-corrected chi connectivity index (χ0v) is 9.70. The molecule has 0 spiro atoms. The molecule has 0 heterocycles. The van der Waals surface area contributed by atoms with E-state index in [1.165, 1.54) is 6.92 Å². The Morgan fingerprint density at radius 2 is 1.75 bits per heavy atom. The molecule has 0 unspecified atom stereocenters. The molecular formula is C11H16O5. The Labute approximate surface area is 94.1 Å². The van der Waals surface area contributed by atoms with Crippen LogP contribution in [-0.2, 0) is 19.1 Å². The Morgan fingerprint density at radius 1 is 1.19 bits per heavy atom. The first-order chi connectivity index (χ1) is 7.40. The minimum Gasteiger partial charge on any atom is -0.477 e. The molecular weight excluding hydrogens is 212 g/mol. The molecule has 5 nitrogen and oxygen atoms in total. The Morgan fingerprint density at radius 3 is 2.06 bits per heavy atom. The summed E-state index contributed by atoms with van der Waals surface area (Å²) in [6, 6.07) is 0. The fourth-order valence-electron chi connectivity index (χ4n) is 1.20. The molecule has 0 aliphatic carbocycles. The van der Waals surface area contributed by atoms with Crippen molar-refractivity contribution in [3.05, 3.63) is 11.3 Å². The van der Waals surface area contributed by atoms with Gasteiger partial charge in [0.15, 0.2) is 5.78 Å². The number of Topliss-reactive ketones (excluding diaryl/α,β-unsaturated/α-hetero) is 1. The number of ether oxygens (including phenoxy) is 1. The van der Waals surface area contributed by atoms with E-state index in [9.17, 15) is 14.4 Å². The fourth-order valence-corrected chi connectivity index (χ4v) is 1.20. The van der Waals surface area contributed by atoms with Crippen molar-refractivity contribution in [2.24, 2.45) is 0 Å². The van der Waals surface area contributed by atoms with Crippen LogP contribution in [0.15, 0.2) is 11.3 Å². The molecule has 0 aliphatic heterocycles. The number of carboxylic acid groups (broad SMARTS) is 1. The number of carbonyl (C=O) groups is 3. The highest BCUT2D eigenvalue weighted by Crippen LogP contribution is 2.16. The molecule has 0 atom stereocenters. The number of hydrogen-bond donors (Lipinski definition) is 1. The van der Waals surface area contributed by atoms with E-state index in [1.54, 1.807) is 0 Å².